The Morgan fingerprint density at radius 3 is 2.89 bits per heavy atom. The number of imidazole rings is 1. The van der Waals surface area contributed by atoms with Crippen LogP contribution in [0.4, 0.5) is 0 Å². The van der Waals surface area contributed by atoms with Gasteiger partial charge < -0.3 is 18.6 Å². The Hall–Kier alpha value is -2.93. The number of carbonyl (C=O) groups is 1. The number of para-hydroxylation sites is 2. The van der Waals surface area contributed by atoms with Crippen molar-refractivity contribution in [2.45, 2.75) is 31.4 Å². The van der Waals surface area contributed by atoms with Crippen LogP contribution in [0, 0.1) is 0 Å². The normalized spacial score (nSPS) is 16.4. The van der Waals surface area contributed by atoms with Gasteiger partial charge in [0.15, 0.2) is 5.69 Å². The van der Waals surface area contributed by atoms with Crippen molar-refractivity contribution in [1.82, 2.24) is 19.4 Å². The van der Waals surface area contributed by atoms with Crippen LogP contribution in [0.3, 0.4) is 0 Å². The summed E-state index contributed by atoms with van der Waals surface area (Å²) in [6.45, 7) is 5.51. The van der Waals surface area contributed by atoms with Gasteiger partial charge in [0, 0.05) is 20.2 Å². The summed E-state index contributed by atoms with van der Waals surface area (Å²) in [4.78, 5) is 23.4. The highest BCUT2D eigenvalue weighted by Crippen LogP contribution is 2.30. The molecular formula is C21H24N4O3. The van der Waals surface area contributed by atoms with Crippen molar-refractivity contribution >= 4 is 16.9 Å². The molecule has 1 amide bonds. The number of piperidine rings is 1. The summed E-state index contributed by atoms with van der Waals surface area (Å²) in [5.74, 6) is 0.384. The van der Waals surface area contributed by atoms with E-state index in [9.17, 15) is 4.79 Å². The Balaban J connectivity index is 1.43. The largest absolute Gasteiger partial charge is 0.446 e. The maximum absolute atomic E-state index is 12.8. The zero-order valence-electron chi connectivity index (χ0n) is 16.0. The molecule has 1 aliphatic heterocycles. The van der Waals surface area contributed by atoms with E-state index in [-0.39, 0.29) is 11.5 Å². The van der Waals surface area contributed by atoms with Crippen LogP contribution < -0.4 is 0 Å². The van der Waals surface area contributed by atoms with Gasteiger partial charge in [-0.15, -0.1) is 6.58 Å². The maximum atomic E-state index is 12.8. The summed E-state index contributed by atoms with van der Waals surface area (Å²) < 4.78 is 13.2. The lowest BCUT2D eigenvalue weighted by Crippen LogP contribution is -2.47. The third-order valence-corrected chi connectivity index (χ3v) is 5.52. The molecule has 1 aromatic carbocycles. The molecule has 0 N–H and O–H groups in total. The van der Waals surface area contributed by atoms with Crippen LogP contribution in [-0.2, 0) is 11.3 Å². The molecule has 0 aliphatic carbocycles. The Kier molecular flexibility index (Phi) is 5.00. The van der Waals surface area contributed by atoms with Gasteiger partial charge in [-0.25, -0.2) is 9.97 Å². The molecule has 4 rings (SSSR count). The molecule has 0 saturated carbocycles. The summed E-state index contributed by atoms with van der Waals surface area (Å²) in [5, 5.41) is 0. The average Bonchev–Trinajstić information content (AvgIpc) is 3.36. The van der Waals surface area contributed by atoms with Crippen LogP contribution in [0.5, 0.6) is 0 Å². The molecule has 0 bridgehead atoms. The van der Waals surface area contributed by atoms with Gasteiger partial charge in [-0.05, 0) is 31.4 Å². The fourth-order valence-corrected chi connectivity index (χ4v) is 3.80. The van der Waals surface area contributed by atoms with Crippen molar-refractivity contribution < 1.29 is 13.9 Å². The Labute approximate surface area is 163 Å². The van der Waals surface area contributed by atoms with E-state index in [1.165, 1.54) is 6.26 Å². The fourth-order valence-electron chi connectivity index (χ4n) is 3.80. The number of oxazole rings is 1. The predicted octanol–water partition coefficient (Wildman–Crippen LogP) is 3.27. The van der Waals surface area contributed by atoms with Crippen molar-refractivity contribution in [3.63, 3.8) is 0 Å². The number of hydrogen-bond donors (Lipinski definition) is 0. The number of carbonyl (C=O) groups excluding carboxylic acids is 1. The number of amides is 1. The molecule has 3 heterocycles. The van der Waals surface area contributed by atoms with E-state index in [0.717, 1.165) is 30.3 Å². The molecule has 1 aliphatic rings. The number of likely N-dealkylation sites (tertiary alicyclic amines) is 1. The minimum atomic E-state index is -0.212. The molecule has 7 heteroatoms. The molecule has 1 saturated heterocycles. The minimum Gasteiger partial charge on any atom is -0.446 e. The Morgan fingerprint density at radius 1 is 1.36 bits per heavy atom. The van der Waals surface area contributed by atoms with Crippen LogP contribution in [-0.4, -0.2) is 51.1 Å². The number of hydrogen-bond acceptors (Lipinski definition) is 5. The second-order valence-electron chi connectivity index (χ2n) is 7.16. The van der Waals surface area contributed by atoms with Gasteiger partial charge in [0.1, 0.15) is 12.8 Å². The SMILES string of the molecule is C=CCC1(OC)CCN(C(=O)c2coc(Cn3cnc4ccccc43)n2)CC1. The Morgan fingerprint density at radius 2 is 2.14 bits per heavy atom. The van der Waals surface area contributed by atoms with Crippen molar-refractivity contribution in [2.75, 3.05) is 20.2 Å². The zero-order chi connectivity index (χ0) is 19.6. The first-order valence-corrected chi connectivity index (χ1v) is 9.44. The highest BCUT2D eigenvalue weighted by molar-refractivity contribution is 5.92. The van der Waals surface area contributed by atoms with Gasteiger partial charge in [-0.3, -0.25) is 4.79 Å². The molecule has 0 spiro atoms. The fraction of sp³-hybridized carbons (Fsp3) is 0.381. The van der Waals surface area contributed by atoms with Crippen molar-refractivity contribution in [3.05, 3.63) is 61.1 Å². The van der Waals surface area contributed by atoms with E-state index in [1.54, 1.807) is 13.4 Å². The maximum Gasteiger partial charge on any atom is 0.275 e. The highest BCUT2D eigenvalue weighted by Gasteiger charge is 2.35. The van der Waals surface area contributed by atoms with E-state index in [4.69, 9.17) is 9.15 Å². The molecule has 146 valence electrons. The van der Waals surface area contributed by atoms with Crippen LogP contribution in [0.2, 0.25) is 0 Å². The van der Waals surface area contributed by atoms with Crippen LogP contribution >= 0.6 is 0 Å². The number of nitrogens with zero attached hydrogens (tertiary/aromatic N) is 4. The molecule has 0 atom stereocenters. The number of fused-ring (bicyclic) bond motifs is 1. The zero-order valence-corrected chi connectivity index (χ0v) is 16.0. The molecule has 3 aromatic rings. The van der Waals surface area contributed by atoms with Gasteiger partial charge in [0.2, 0.25) is 5.89 Å². The third-order valence-electron chi connectivity index (χ3n) is 5.52. The van der Waals surface area contributed by atoms with Crippen molar-refractivity contribution in [1.29, 1.82) is 0 Å². The third kappa shape index (κ3) is 3.45. The summed E-state index contributed by atoms with van der Waals surface area (Å²) in [7, 11) is 1.73. The molecule has 0 radical (unpaired) electrons. The number of ether oxygens (including phenoxy) is 1. The number of rotatable bonds is 6. The molecule has 2 aromatic heterocycles. The summed E-state index contributed by atoms with van der Waals surface area (Å²) in [6.07, 6.45) is 7.44. The van der Waals surface area contributed by atoms with Gasteiger partial charge in [0.05, 0.1) is 23.0 Å². The lowest BCUT2D eigenvalue weighted by atomic mass is 9.88. The number of methoxy groups -OCH3 is 1. The topological polar surface area (TPSA) is 73.4 Å². The molecule has 1 fully saturated rings. The first-order valence-electron chi connectivity index (χ1n) is 9.44. The van der Waals surface area contributed by atoms with Crippen LogP contribution in [0.15, 0.2) is 53.9 Å². The monoisotopic (exact) mass is 380 g/mol. The predicted molar refractivity (Wildman–Crippen MR) is 105 cm³/mol. The van der Waals surface area contributed by atoms with Gasteiger partial charge in [-0.2, -0.15) is 0 Å². The van der Waals surface area contributed by atoms with E-state index in [0.29, 0.717) is 31.2 Å². The lowest BCUT2D eigenvalue weighted by Gasteiger charge is -2.40. The van der Waals surface area contributed by atoms with E-state index >= 15 is 0 Å². The summed E-state index contributed by atoms with van der Waals surface area (Å²) in [6, 6.07) is 7.87. The second kappa shape index (κ2) is 7.59. The van der Waals surface area contributed by atoms with Gasteiger partial charge >= 0.3 is 0 Å². The lowest BCUT2D eigenvalue weighted by molar-refractivity contribution is -0.0498. The van der Waals surface area contributed by atoms with E-state index < -0.39 is 0 Å². The molecule has 7 nitrogen and oxygen atoms in total. The minimum absolute atomic E-state index is 0.103. The quantitative estimate of drug-likeness (QED) is 0.614. The van der Waals surface area contributed by atoms with Crippen molar-refractivity contribution in [3.8, 4) is 0 Å². The molecule has 0 unspecified atom stereocenters. The first kappa shape index (κ1) is 18.4. The highest BCUT2D eigenvalue weighted by atomic mass is 16.5. The van der Waals surface area contributed by atoms with Gasteiger partial charge in [0.25, 0.3) is 5.91 Å². The molecular weight excluding hydrogens is 356 g/mol. The summed E-state index contributed by atoms with van der Waals surface area (Å²) in [5.41, 5.74) is 2.05. The second-order valence-corrected chi connectivity index (χ2v) is 7.16. The van der Waals surface area contributed by atoms with Crippen LogP contribution in [0.1, 0.15) is 35.6 Å². The standard InChI is InChI=1S/C21H24N4O3/c1-3-8-21(27-2)9-11-24(12-10-21)20(26)17-14-28-19(23-17)13-25-15-22-16-6-4-5-7-18(16)25/h3-7,14-15H,1,8-13H2,2H3. The average molecular weight is 380 g/mol. The van der Waals surface area contributed by atoms with Gasteiger partial charge in [-0.1, -0.05) is 18.2 Å². The first-order chi connectivity index (χ1) is 13.6. The number of aromatic nitrogens is 3. The Bertz CT molecular complexity index is 982. The van der Waals surface area contributed by atoms with E-state index in [2.05, 4.69) is 16.5 Å². The smallest absolute Gasteiger partial charge is 0.275 e. The van der Waals surface area contributed by atoms with Crippen molar-refractivity contribution in [2.24, 2.45) is 0 Å². The van der Waals surface area contributed by atoms with Crippen LogP contribution in [0.25, 0.3) is 11.0 Å². The van der Waals surface area contributed by atoms with E-state index in [1.807, 2.05) is 39.8 Å². The summed E-state index contributed by atoms with van der Waals surface area (Å²) >= 11 is 0. The number of benzene rings is 1. The molecule has 28 heavy (non-hydrogen) atoms.